The number of unbranched alkanes of at least 4 members (excludes halogenated alkanes) is 2. The Morgan fingerprint density at radius 3 is 2.81 bits per heavy atom. The molecule has 0 fully saturated rings. The fourth-order valence-corrected chi connectivity index (χ4v) is 1.86. The van der Waals surface area contributed by atoms with E-state index in [1.165, 1.54) is 24.1 Å². The van der Waals surface area contributed by atoms with Crippen molar-refractivity contribution in [3.8, 4) is 0 Å². The van der Waals surface area contributed by atoms with Crippen LogP contribution in [-0.2, 0) is 6.54 Å². The Labute approximate surface area is 104 Å². The Morgan fingerprint density at radius 2 is 2.12 bits per heavy atom. The van der Waals surface area contributed by atoms with Gasteiger partial charge in [0.25, 0.3) is 0 Å². The van der Waals surface area contributed by atoms with Crippen molar-refractivity contribution in [3.05, 3.63) is 29.6 Å². The highest BCUT2D eigenvalue weighted by atomic mass is 35.5. The second kappa shape index (κ2) is 7.64. The van der Waals surface area contributed by atoms with Gasteiger partial charge < -0.3 is 4.90 Å². The molecule has 1 rings (SSSR count). The van der Waals surface area contributed by atoms with Gasteiger partial charge >= 0.3 is 0 Å². The fraction of sp³-hybridized carbons (Fsp3) is 0.615. The highest BCUT2D eigenvalue weighted by Crippen LogP contribution is 2.07. The smallest absolute Gasteiger partial charge is 0.0572 e. The molecule has 0 aromatic carbocycles. The molecule has 1 aromatic rings. The van der Waals surface area contributed by atoms with E-state index < -0.39 is 0 Å². The van der Waals surface area contributed by atoms with Gasteiger partial charge in [0.05, 0.1) is 5.69 Å². The van der Waals surface area contributed by atoms with E-state index in [0.29, 0.717) is 0 Å². The van der Waals surface area contributed by atoms with E-state index in [9.17, 15) is 0 Å². The van der Waals surface area contributed by atoms with Crippen molar-refractivity contribution >= 4 is 11.6 Å². The SMILES string of the molecule is Cc1cccnc1CN(C)CCCCCCl. The highest BCUT2D eigenvalue weighted by molar-refractivity contribution is 6.17. The Hall–Kier alpha value is -0.600. The average Bonchev–Trinajstić information content (AvgIpc) is 2.28. The van der Waals surface area contributed by atoms with Crippen molar-refractivity contribution < 1.29 is 0 Å². The summed E-state index contributed by atoms with van der Waals surface area (Å²) in [6.45, 7) is 4.17. The summed E-state index contributed by atoms with van der Waals surface area (Å²) in [5.74, 6) is 0.781. The molecule has 0 spiro atoms. The standard InChI is InChI=1S/C13H21ClN2/c1-12-7-6-9-15-13(12)11-16(2)10-5-3-4-8-14/h6-7,9H,3-5,8,10-11H2,1-2H3. The van der Waals surface area contributed by atoms with E-state index in [-0.39, 0.29) is 0 Å². The number of hydrogen-bond acceptors (Lipinski definition) is 2. The Kier molecular flexibility index (Phi) is 6.43. The number of halogens is 1. The van der Waals surface area contributed by atoms with Gasteiger partial charge in [-0.1, -0.05) is 12.5 Å². The monoisotopic (exact) mass is 240 g/mol. The summed E-state index contributed by atoms with van der Waals surface area (Å²) in [7, 11) is 2.15. The van der Waals surface area contributed by atoms with Crippen molar-refractivity contribution in [3.63, 3.8) is 0 Å². The molecule has 1 heterocycles. The van der Waals surface area contributed by atoms with E-state index >= 15 is 0 Å². The molecular weight excluding hydrogens is 220 g/mol. The predicted molar refractivity (Wildman–Crippen MR) is 69.9 cm³/mol. The molecule has 0 bridgehead atoms. The number of alkyl halides is 1. The van der Waals surface area contributed by atoms with Crippen LogP contribution >= 0.6 is 11.6 Å². The molecule has 1 aromatic heterocycles. The third-order valence-electron chi connectivity index (χ3n) is 2.71. The predicted octanol–water partition coefficient (Wildman–Crippen LogP) is 3.23. The second-order valence-corrected chi connectivity index (χ2v) is 4.63. The molecule has 90 valence electrons. The Bertz CT molecular complexity index is 302. The van der Waals surface area contributed by atoms with Crippen LogP contribution in [0.4, 0.5) is 0 Å². The third-order valence-corrected chi connectivity index (χ3v) is 2.98. The van der Waals surface area contributed by atoms with Gasteiger partial charge in [-0.05, 0) is 45.0 Å². The first-order chi connectivity index (χ1) is 7.74. The first-order valence-electron chi connectivity index (χ1n) is 5.89. The first-order valence-corrected chi connectivity index (χ1v) is 6.42. The number of hydrogen-bond donors (Lipinski definition) is 0. The molecule has 0 aliphatic carbocycles. The number of rotatable bonds is 7. The van der Waals surface area contributed by atoms with Gasteiger partial charge in [0.1, 0.15) is 0 Å². The number of nitrogens with zero attached hydrogens (tertiary/aromatic N) is 2. The molecule has 0 unspecified atom stereocenters. The summed E-state index contributed by atoms with van der Waals surface area (Å²) in [5, 5.41) is 0. The summed E-state index contributed by atoms with van der Waals surface area (Å²) in [4.78, 5) is 6.72. The molecule has 0 saturated carbocycles. The van der Waals surface area contributed by atoms with Crippen LogP contribution in [0.1, 0.15) is 30.5 Å². The van der Waals surface area contributed by atoms with Gasteiger partial charge in [0.15, 0.2) is 0 Å². The van der Waals surface area contributed by atoms with Crippen LogP contribution < -0.4 is 0 Å². The minimum absolute atomic E-state index is 0.781. The van der Waals surface area contributed by atoms with Crippen LogP contribution in [0, 0.1) is 6.92 Å². The van der Waals surface area contributed by atoms with Crippen LogP contribution in [0.25, 0.3) is 0 Å². The fourth-order valence-electron chi connectivity index (χ4n) is 1.67. The van der Waals surface area contributed by atoms with Crippen molar-refractivity contribution in [1.29, 1.82) is 0 Å². The van der Waals surface area contributed by atoms with Crippen LogP contribution in [0.3, 0.4) is 0 Å². The molecule has 3 heteroatoms. The molecule has 2 nitrogen and oxygen atoms in total. The van der Waals surface area contributed by atoms with Crippen molar-refractivity contribution in [1.82, 2.24) is 9.88 Å². The summed E-state index contributed by atoms with van der Waals surface area (Å²) in [6.07, 6.45) is 5.42. The lowest BCUT2D eigenvalue weighted by Crippen LogP contribution is -2.20. The van der Waals surface area contributed by atoms with Gasteiger partial charge in [-0.2, -0.15) is 0 Å². The van der Waals surface area contributed by atoms with Gasteiger partial charge in [0.2, 0.25) is 0 Å². The molecule has 16 heavy (non-hydrogen) atoms. The van der Waals surface area contributed by atoms with E-state index in [1.807, 2.05) is 12.3 Å². The third kappa shape index (κ3) is 4.95. The van der Waals surface area contributed by atoms with Gasteiger partial charge in [-0.15, -0.1) is 11.6 Å². The maximum Gasteiger partial charge on any atom is 0.0572 e. The van der Waals surface area contributed by atoms with Crippen molar-refractivity contribution in [2.24, 2.45) is 0 Å². The zero-order chi connectivity index (χ0) is 11.8. The number of pyridine rings is 1. The highest BCUT2D eigenvalue weighted by Gasteiger charge is 2.03. The lowest BCUT2D eigenvalue weighted by molar-refractivity contribution is 0.314. The maximum atomic E-state index is 5.64. The largest absolute Gasteiger partial charge is 0.301 e. The summed E-state index contributed by atoms with van der Waals surface area (Å²) < 4.78 is 0. The van der Waals surface area contributed by atoms with Crippen molar-refractivity contribution in [2.45, 2.75) is 32.7 Å². The van der Waals surface area contributed by atoms with Crippen LogP contribution in [0.2, 0.25) is 0 Å². The normalized spacial score (nSPS) is 11.0. The van der Waals surface area contributed by atoms with E-state index in [0.717, 1.165) is 25.4 Å². The van der Waals surface area contributed by atoms with Crippen LogP contribution in [-0.4, -0.2) is 29.4 Å². The average molecular weight is 241 g/mol. The topological polar surface area (TPSA) is 16.1 Å². The molecule has 0 radical (unpaired) electrons. The molecule has 0 amide bonds. The van der Waals surface area contributed by atoms with Gasteiger partial charge in [-0.25, -0.2) is 0 Å². The zero-order valence-electron chi connectivity index (χ0n) is 10.2. The Morgan fingerprint density at radius 1 is 1.31 bits per heavy atom. The number of aryl methyl sites for hydroxylation is 1. The zero-order valence-corrected chi connectivity index (χ0v) is 11.0. The summed E-state index contributed by atoms with van der Waals surface area (Å²) in [5.41, 5.74) is 2.46. The quantitative estimate of drug-likeness (QED) is 0.537. The molecule has 0 saturated heterocycles. The lowest BCUT2D eigenvalue weighted by Gasteiger charge is -2.16. The van der Waals surface area contributed by atoms with Gasteiger partial charge in [-0.3, -0.25) is 4.98 Å². The summed E-state index contributed by atoms with van der Waals surface area (Å²) in [6, 6.07) is 4.10. The minimum Gasteiger partial charge on any atom is -0.301 e. The van der Waals surface area contributed by atoms with Crippen LogP contribution in [0.15, 0.2) is 18.3 Å². The maximum absolute atomic E-state index is 5.64. The Balaban J connectivity index is 2.28. The van der Waals surface area contributed by atoms with E-state index in [1.54, 1.807) is 0 Å². The molecular formula is C13H21ClN2. The minimum atomic E-state index is 0.781. The van der Waals surface area contributed by atoms with Crippen LogP contribution in [0.5, 0.6) is 0 Å². The first kappa shape index (κ1) is 13.5. The molecule has 0 aliphatic rings. The van der Waals surface area contributed by atoms with Crippen molar-refractivity contribution in [2.75, 3.05) is 19.5 Å². The second-order valence-electron chi connectivity index (χ2n) is 4.25. The molecule has 0 aliphatic heterocycles. The van der Waals surface area contributed by atoms with Gasteiger partial charge in [0, 0.05) is 18.6 Å². The van der Waals surface area contributed by atoms with E-state index in [4.69, 9.17) is 11.6 Å². The molecule has 0 atom stereocenters. The summed E-state index contributed by atoms with van der Waals surface area (Å²) >= 11 is 5.64. The number of aromatic nitrogens is 1. The lowest BCUT2D eigenvalue weighted by atomic mass is 10.2. The van der Waals surface area contributed by atoms with E-state index in [2.05, 4.69) is 29.9 Å². The molecule has 0 N–H and O–H groups in total.